The van der Waals surface area contributed by atoms with Gasteiger partial charge < -0.3 is 69.4 Å². The van der Waals surface area contributed by atoms with Crippen molar-refractivity contribution in [3.8, 4) is 0 Å². The van der Waals surface area contributed by atoms with E-state index in [1.165, 1.54) is 13.3 Å². The summed E-state index contributed by atoms with van der Waals surface area (Å²) in [6.07, 6.45) is -4.26. The Morgan fingerprint density at radius 2 is 1.40 bits per heavy atom. The van der Waals surface area contributed by atoms with Crippen LogP contribution in [0, 0.1) is 59.2 Å². The van der Waals surface area contributed by atoms with E-state index in [1.54, 1.807) is 4.57 Å². The predicted octanol–water partition coefficient (Wildman–Crippen LogP) is 3.16. The van der Waals surface area contributed by atoms with Crippen molar-refractivity contribution in [1.82, 2.24) is 20.2 Å². The lowest BCUT2D eigenvalue weighted by molar-refractivity contribution is -0.124. The number of rotatable bonds is 26. The van der Waals surface area contributed by atoms with Gasteiger partial charge in [0, 0.05) is 131 Å². The first kappa shape index (κ1) is 68.9. The van der Waals surface area contributed by atoms with Gasteiger partial charge in [0.05, 0.1) is 41.7 Å². The molecule has 8 bridgehead atoms. The quantitative estimate of drug-likeness (QED) is 0.0603. The van der Waals surface area contributed by atoms with Crippen LogP contribution in [0.4, 0.5) is 0 Å². The molecule has 7 amide bonds. The van der Waals surface area contributed by atoms with Crippen LogP contribution in [0.2, 0.25) is 0 Å². The third kappa shape index (κ3) is 13.0. The summed E-state index contributed by atoms with van der Waals surface area (Å²) < 4.78 is 32.3. The zero-order chi connectivity index (χ0) is 66.7. The highest BCUT2D eigenvalue weighted by atomic mass is 31.2. The molecule has 1 aromatic carbocycles. The Kier molecular flexibility index (Phi) is 19.6. The molecule has 6 aliphatic rings. The second-order valence-electron chi connectivity index (χ2n) is 27.1. The maximum atomic E-state index is 14.4. The Morgan fingerprint density at radius 3 is 1.99 bits per heavy atom. The van der Waals surface area contributed by atoms with Gasteiger partial charge >= 0.3 is 7.82 Å². The number of aliphatic hydroxyl groups excluding tert-OH is 2. The van der Waals surface area contributed by atoms with Crippen molar-refractivity contribution in [2.45, 2.75) is 189 Å². The lowest BCUT2D eigenvalue weighted by Gasteiger charge is -2.48. The minimum Gasteiger partial charge on any atom is -0.394 e. The Bertz CT molecular complexity index is 3540. The van der Waals surface area contributed by atoms with E-state index in [1.807, 2.05) is 87.4 Å². The third-order valence-corrected chi connectivity index (χ3v) is 21.7. The van der Waals surface area contributed by atoms with Crippen molar-refractivity contribution in [3.63, 3.8) is 0 Å². The molecule has 17 N–H and O–H groups in total. The van der Waals surface area contributed by atoms with E-state index < -0.39 is 143 Å². The van der Waals surface area contributed by atoms with Gasteiger partial charge in [-0.2, -0.15) is 0 Å². The zero-order valence-electron chi connectivity index (χ0n) is 53.3. The number of aliphatic hydroxyl groups is 2. The normalized spacial score (nSPS) is 32.8. The minimum absolute atomic E-state index is 0.0114. The standard InChI is InChI=1S/C62H90N13O14P/c1-29-20-39-40(21-30(29)2)75(28-70-39)57-52(84)53(41(27-76)87-57)89-90(85,86)88-31(3)26-69-49(83)18-19-59(8)37(22-46(66)80)56-62(11)61(10,25-48(68)82)36(14-17-45(65)79)51(74-62)33(5)55-60(9,24-47(67)81)34(12-15-43(63)77)38(71-55)23-42-58(6,7)35(13-16-44(64)78)50(72-42)32(4)54(59)73-56/h20-21,23,28,31,34-37,41,52-53,56-57,71,76,84H,12-19,22,24-27H2,1-11H3,(H2,63,77)(H2,64,78)(H2,65,79)(H2,66,80)(H2,67,81)(H2,68,82)(H,69,83)(H,85,86)/b38-23?,50-32?,55-33-/t31-,34-,35+,36+,37+,41-,52-,53+,56+,57-,59+,60-,61-,62-/m1/s1. The van der Waals surface area contributed by atoms with Crippen LogP contribution >= 0.6 is 7.82 Å². The summed E-state index contributed by atoms with van der Waals surface area (Å²) in [4.78, 5) is 126. The van der Waals surface area contributed by atoms with Crippen molar-refractivity contribution >= 4 is 77.3 Å². The molecule has 2 saturated heterocycles. The number of ether oxygens (including phenoxy) is 1. The number of carbonyl (C=O) groups is 7. The van der Waals surface area contributed by atoms with E-state index in [4.69, 9.17) is 63.2 Å². The van der Waals surface area contributed by atoms with Crippen LogP contribution in [-0.2, 0) is 51.9 Å². The average Bonchev–Trinajstić information content (AvgIpc) is 1.53. The molecular formula is C62H90N13O14P. The van der Waals surface area contributed by atoms with Crippen molar-refractivity contribution in [2.24, 2.45) is 94.7 Å². The number of fused-ring (bicyclic) bond motifs is 7. The van der Waals surface area contributed by atoms with Crippen molar-refractivity contribution in [1.29, 1.82) is 0 Å². The molecule has 27 nitrogen and oxygen atoms in total. The van der Waals surface area contributed by atoms with Crippen LogP contribution in [0.15, 0.2) is 67.8 Å². The summed E-state index contributed by atoms with van der Waals surface area (Å²) >= 11 is 0. The van der Waals surface area contributed by atoms with Crippen LogP contribution in [-0.4, -0.2) is 132 Å². The highest BCUT2D eigenvalue weighted by molar-refractivity contribution is 7.47. The molecule has 492 valence electrons. The highest BCUT2D eigenvalue weighted by Gasteiger charge is 2.66. The molecule has 2 fully saturated rings. The first-order chi connectivity index (χ1) is 41.8. The number of aryl methyl sites for hydroxylation is 2. The summed E-state index contributed by atoms with van der Waals surface area (Å²) in [5.74, 6) is -7.18. The number of nitrogens with two attached hydrogens (primary N) is 6. The highest BCUT2D eigenvalue weighted by Crippen LogP contribution is 2.63. The molecule has 28 heteroatoms. The first-order valence-corrected chi connectivity index (χ1v) is 32.1. The topological polar surface area (TPSA) is 460 Å². The van der Waals surface area contributed by atoms with Gasteiger partial charge in [-0.15, -0.1) is 0 Å². The van der Waals surface area contributed by atoms with E-state index >= 15 is 0 Å². The summed E-state index contributed by atoms with van der Waals surface area (Å²) in [6, 6.07) is 2.70. The van der Waals surface area contributed by atoms with E-state index in [0.29, 0.717) is 56.4 Å². The van der Waals surface area contributed by atoms with Crippen LogP contribution in [0.1, 0.15) is 150 Å². The largest absolute Gasteiger partial charge is 0.472 e. The molecule has 15 atom stereocenters. The number of aliphatic imine (C=N–C) groups is 3. The van der Waals surface area contributed by atoms with E-state index in [0.717, 1.165) is 11.1 Å². The van der Waals surface area contributed by atoms with Gasteiger partial charge in [-0.05, 0) is 108 Å². The number of phosphoric ester groups is 1. The van der Waals surface area contributed by atoms with E-state index in [2.05, 4.69) is 15.6 Å². The number of amides is 7. The Morgan fingerprint density at radius 1 is 0.800 bits per heavy atom. The molecular weight excluding hydrogens is 1180 g/mol. The third-order valence-electron chi connectivity index (χ3n) is 20.6. The SMILES string of the molecule is CC1=C2N=C(C=C3N/C(=C(/C)C4=N[C@](C)([C@H]5N=C1[C@@](C)(CCC(=O)NC[C@@H](C)OP(=O)(O)O[C@@H]1[C@@H](O)[C@H](n6cnc7cc(C)c(C)cc76)O[C@@H]1CO)[C@H]5CC(N)=O)[C@](C)(CC(N)=O)[C@H]4CCC(N)=O)[C@](C)(CC(N)=O)[C@@H]3CCC(N)=O)C(C)(C)[C@H]2CCC(N)=O. The maximum absolute atomic E-state index is 14.4. The van der Waals surface area contributed by atoms with Crippen molar-refractivity contribution in [2.75, 3.05) is 13.2 Å². The molecule has 0 saturated carbocycles. The Labute approximate surface area is 523 Å². The number of nitrogens with one attached hydrogen (secondary N) is 2. The fourth-order valence-electron chi connectivity index (χ4n) is 15.4. The molecule has 90 heavy (non-hydrogen) atoms. The van der Waals surface area contributed by atoms with E-state index in [-0.39, 0.29) is 77.2 Å². The Hall–Kier alpha value is -7.00. The van der Waals surface area contributed by atoms with Gasteiger partial charge in [0.15, 0.2) is 6.23 Å². The molecule has 7 heterocycles. The van der Waals surface area contributed by atoms with Gasteiger partial charge in [0.25, 0.3) is 0 Å². The van der Waals surface area contributed by atoms with Gasteiger partial charge in [-0.1, -0.05) is 34.6 Å². The maximum Gasteiger partial charge on any atom is 0.472 e. The number of aromatic nitrogens is 2. The average molecular weight is 1270 g/mol. The number of allylic oxidation sites excluding steroid dienone is 6. The number of benzene rings is 1. The van der Waals surface area contributed by atoms with Crippen LogP contribution in [0.25, 0.3) is 11.0 Å². The molecule has 0 spiro atoms. The molecule has 6 aliphatic heterocycles. The van der Waals surface area contributed by atoms with Crippen molar-refractivity contribution in [3.05, 3.63) is 63.9 Å². The number of primary amides is 6. The van der Waals surface area contributed by atoms with Gasteiger partial charge in [-0.3, -0.25) is 57.6 Å². The number of imidazole rings is 1. The first-order valence-electron chi connectivity index (χ1n) is 30.6. The number of phosphoric acid groups is 1. The Balaban J connectivity index is 1.19. The van der Waals surface area contributed by atoms with Gasteiger partial charge in [0.2, 0.25) is 41.4 Å². The molecule has 0 radical (unpaired) electrons. The molecule has 2 aromatic rings. The monoisotopic (exact) mass is 1270 g/mol. The van der Waals surface area contributed by atoms with Crippen LogP contribution in [0.5, 0.6) is 0 Å². The molecule has 1 unspecified atom stereocenters. The zero-order valence-corrected chi connectivity index (χ0v) is 54.1. The van der Waals surface area contributed by atoms with Gasteiger partial charge in [-0.25, -0.2) is 9.55 Å². The number of hydrogen-bond acceptors (Lipinski definition) is 18. The number of carbonyl (C=O) groups excluding carboxylic acids is 7. The number of nitrogens with zero attached hydrogens (tertiary/aromatic N) is 5. The summed E-state index contributed by atoms with van der Waals surface area (Å²) in [5, 5.41) is 28.2. The van der Waals surface area contributed by atoms with E-state index in [9.17, 15) is 53.2 Å². The molecule has 1 aromatic heterocycles. The fourth-order valence-corrected chi connectivity index (χ4v) is 16.6. The van der Waals surface area contributed by atoms with Crippen LogP contribution < -0.4 is 45.0 Å². The van der Waals surface area contributed by atoms with Crippen molar-refractivity contribution < 1.29 is 67.0 Å². The number of hydrogen-bond donors (Lipinski definition) is 11. The van der Waals surface area contributed by atoms with Crippen LogP contribution in [0.3, 0.4) is 0 Å². The molecule has 8 rings (SSSR count). The molecule has 0 aliphatic carbocycles. The minimum atomic E-state index is -5.07. The second-order valence-corrected chi connectivity index (χ2v) is 28.4. The smallest absolute Gasteiger partial charge is 0.394 e. The van der Waals surface area contributed by atoms with Gasteiger partial charge in [0.1, 0.15) is 18.3 Å². The summed E-state index contributed by atoms with van der Waals surface area (Å²) in [7, 11) is -5.07. The summed E-state index contributed by atoms with van der Waals surface area (Å²) in [5.41, 5.74) is 37.4. The lowest BCUT2D eigenvalue weighted by atomic mass is 9.55. The summed E-state index contributed by atoms with van der Waals surface area (Å²) in [6.45, 7) is 19.3. The lowest BCUT2D eigenvalue weighted by Crippen LogP contribution is -2.56. The second kappa shape index (κ2) is 25.6. The predicted molar refractivity (Wildman–Crippen MR) is 334 cm³/mol. The fraction of sp³-hybridized carbons (Fsp3) is 0.629.